The fraction of sp³-hybridized carbons (Fsp3) is 0.154. The first-order valence-electron chi connectivity index (χ1n) is 5.29. The molecule has 0 bridgehead atoms. The molecule has 3 nitrogen and oxygen atoms in total. The third kappa shape index (κ3) is 2.65. The molecule has 0 fully saturated rings. The topological polar surface area (TPSA) is 46.3 Å². The Bertz CT molecular complexity index is 508. The number of nitrogen functional groups attached to an aromatic ring is 1. The second-order valence-corrected chi connectivity index (χ2v) is 4.66. The average Bonchev–Trinajstić information content (AvgIpc) is 2.81. The number of nitrogens with two attached hydrogens (primary N) is 1. The van der Waals surface area contributed by atoms with E-state index in [9.17, 15) is 4.79 Å². The fourth-order valence-electron chi connectivity index (χ4n) is 1.63. The minimum absolute atomic E-state index is 0.0469. The van der Waals surface area contributed by atoms with Crippen LogP contribution in [0.3, 0.4) is 0 Å². The van der Waals surface area contributed by atoms with Gasteiger partial charge < -0.3 is 10.6 Å². The first-order chi connectivity index (χ1) is 8.18. The van der Waals surface area contributed by atoms with E-state index in [2.05, 4.69) is 0 Å². The third-order valence-corrected chi connectivity index (χ3v) is 3.27. The zero-order chi connectivity index (χ0) is 12.3. The Kier molecular flexibility index (Phi) is 3.44. The largest absolute Gasteiger partial charge is 0.398 e. The third-order valence-electron chi connectivity index (χ3n) is 2.54. The molecular weight excluding hydrogens is 232 g/mol. The maximum Gasteiger partial charge on any atom is 0.255 e. The first kappa shape index (κ1) is 11.7. The van der Waals surface area contributed by atoms with Crippen LogP contribution in [0.4, 0.5) is 5.69 Å². The minimum Gasteiger partial charge on any atom is -0.398 e. The van der Waals surface area contributed by atoms with E-state index >= 15 is 0 Å². The van der Waals surface area contributed by atoms with E-state index in [1.54, 1.807) is 35.4 Å². The van der Waals surface area contributed by atoms with Gasteiger partial charge in [-0.05, 0) is 34.5 Å². The lowest BCUT2D eigenvalue weighted by atomic mass is 10.1. The number of hydrogen-bond acceptors (Lipinski definition) is 3. The number of amides is 1. The maximum absolute atomic E-state index is 12.1. The Morgan fingerprint density at radius 1 is 1.35 bits per heavy atom. The summed E-state index contributed by atoms with van der Waals surface area (Å²) < 4.78 is 0. The molecule has 1 amide bonds. The van der Waals surface area contributed by atoms with Crippen LogP contribution < -0.4 is 5.73 Å². The van der Waals surface area contributed by atoms with Crippen molar-refractivity contribution >= 4 is 22.9 Å². The van der Waals surface area contributed by atoms with Crippen LogP contribution in [0.25, 0.3) is 0 Å². The number of rotatable bonds is 3. The summed E-state index contributed by atoms with van der Waals surface area (Å²) in [5.41, 5.74) is 8.01. The second-order valence-electron chi connectivity index (χ2n) is 3.88. The summed E-state index contributed by atoms with van der Waals surface area (Å²) in [6.07, 6.45) is 0. The molecule has 0 radical (unpaired) electrons. The SMILES string of the molecule is CN(Cc1ccsc1)C(=O)c1ccccc1N. The van der Waals surface area contributed by atoms with Crippen LogP contribution in [0.15, 0.2) is 41.1 Å². The van der Waals surface area contributed by atoms with Gasteiger partial charge in [-0.1, -0.05) is 12.1 Å². The Labute approximate surface area is 104 Å². The number of para-hydroxylation sites is 1. The van der Waals surface area contributed by atoms with Crippen LogP contribution >= 0.6 is 11.3 Å². The van der Waals surface area contributed by atoms with E-state index in [0.29, 0.717) is 17.8 Å². The zero-order valence-corrected chi connectivity index (χ0v) is 10.4. The molecule has 0 aliphatic carbocycles. The molecule has 2 rings (SSSR count). The van der Waals surface area contributed by atoms with E-state index in [4.69, 9.17) is 5.73 Å². The standard InChI is InChI=1S/C13H14N2OS/c1-15(8-10-6-7-17-9-10)13(16)11-4-2-3-5-12(11)14/h2-7,9H,8,14H2,1H3. The molecule has 0 aliphatic rings. The van der Waals surface area contributed by atoms with E-state index < -0.39 is 0 Å². The number of nitrogens with zero attached hydrogens (tertiary/aromatic N) is 1. The number of hydrogen-bond donors (Lipinski definition) is 1. The number of thiophene rings is 1. The van der Waals surface area contributed by atoms with E-state index in [1.807, 2.05) is 29.0 Å². The van der Waals surface area contributed by atoms with Crippen molar-refractivity contribution in [3.63, 3.8) is 0 Å². The fourth-order valence-corrected chi connectivity index (χ4v) is 2.29. The molecule has 88 valence electrons. The van der Waals surface area contributed by atoms with Gasteiger partial charge in [0.1, 0.15) is 0 Å². The van der Waals surface area contributed by atoms with Crippen molar-refractivity contribution in [2.45, 2.75) is 6.54 Å². The molecule has 0 saturated heterocycles. The summed E-state index contributed by atoms with van der Waals surface area (Å²) in [4.78, 5) is 13.8. The summed E-state index contributed by atoms with van der Waals surface area (Å²) in [5.74, 6) is -0.0469. The molecule has 17 heavy (non-hydrogen) atoms. The van der Waals surface area contributed by atoms with E-state index in [1.165, 1.54) is 0 Å². The molecule has 1 heterocycles. The van der Waals surface area contributed by atoms with Gasteiger partial charge in [0.2, 0.25) is 0 Å². The Morgan fingerprint density at radius 3 is 2.76 bits per heavy atom. The number of carbonyl (C=O) groups excluding carboxylic acids is 1. The summed E-state index contributed by atoms with van der Waals surface area (Å²) >= 11 is 1.63. The molecule has 0 spiro atoms. The van der Waals surface area contributed by atoms with Crippen LogP contribution in [0.1, 0.15) is 15.9 Å². The highest BCUT2D eigenvalue weighted by Crippen LogP contribution is 2.15. The quantitative estimate of drug-likeness (QED) is 0.846. The van der Waals surface area contributed by atoms with Crippen LogP contribution in [-0.4, -0.2) is 17.9 Å². The number of carbonyl (C=O) groups is 1. The smallest absolute Gasteiger partial charge is 0.255 e. The highest BCUT2D eigenvalue weighted by Gasteiger charge is 2.14. The lowest BCUT2D eigenvalue weighted by Gasteiger charge is -2.17. The Balaban J connectivity index is 2.13. The minimum atomic E-state index is -0.0469. The molecule has 2 aromatic rings. The summed E-state index contributed by atoms with van der Waals surface area (Å²) in [6.45, 7) is 0.608. The monoisotopic (exact) mass is 246 g/mol. The molecule has 0 unspecified atom stereocenters. The van der Waals surface area contributed by atoms with Gasteiger partial charge in [-0.3, -0.25) is 4.79 Å². The average molecular weight is 246 g/mol. The number of anilines is 1. The molecule has 4 heteroatoms. The van der Waals surface area contributed by atoms with E-state index in [0.717, 1.165) is 5.56 Å². The predicted molar refractivity (Wildman–Crippen MR) is 71.0 cm³/mol. The molecule has 2 N–H and O–H groups in total. The van der Waals surface area contributed by atoms with Crippen LogP contribution in [0.2, 0.25) is 0 Å². The van der Waals surface area contributed by atoms with Gasteiger partial charge in [-0.2, -0.15) is 11.3 Å². The lowest BCUT2D eigenvalue weighted by Crippen LogP contribution is -2.26. The highest BCUT2D eigenvalue weighted by atomic mass is 32.1. The van der Waals surface area contributed by atoms with Gasteiger partial charge in [0, 0.05) is 19.3 Å². The van der Waals surface area contributed by atoms with Gasteiger partial charge in [0.25, 0.3) is 5.91 Å². The first-order valence-corrected chi connectivity index (χ1v) is 6.24. The van der Waals surface area contributed by atoms with Crippen molar-refractivity contribution in [1.82, 2.24) is 4.90 Å². The highest BCUT2D eigenvalue weighted by molar-refractivity contribution is 7.07. The van der Waals surface area contributed by atoms with Gasteiger partial charge in [-0.25, -0.2) is 0 Å². The summed E-state index contributed by atoms with van der Waals surface area (Å²) in [6, 6.07) is 9.16. The maximum atomic E-state index is 12.1. The van der Waals surface area contributed by atoms with Gasteiger partial charge in [0.05, 0.1) is 5.56 Å². The van der Waals surface area contributed by atoms with E-state index in [-0.39, 0.29) is 5.91 Å². The molecule has 1 aromatic carbocycles. The van der Waals surface area contributed by atoms with Gasteiger partial charge in [-0.15, -0.1) is 0 Å². The van der Waals surface area contributed by atoms with Crippen LogP contribution in [0, 0.1) is 0 Å². The molecule has 0 atom stereocenters. The summed E-state index contributed by atoms with van der Waals surface area (Å²) in [5, 5.41) is 4.04. The van der Waals surface area contributed by atoms with Crippen molar-refractivity contribution < 1.29 is 4.79 Å². The normalized spacial score (nSPS) is 10.2. The predicted octanol–water partition coefficient (Wildman–Crippen LogP) is 2.60. The summed E-state index contributed by atoms with van der Waals surface area (Å²) in [7, 11) is 1.78. The van der Waals surface area contributed by atoms with Gasteiger partial charge >= 0.3 is 0 Å². The molecule has 1 aromatic heterocycles. The lowest BCUT2D eigenvalue weighted by molar-refractivity contribution is 0.0786. The Hall–Kier alpha value is -1.81. The van der Waals surface area contributed by atoms with Crippen LogP contribution in [0.5, 0.6) is 0 Å². The Morgan fingerprint density at radius 2 is 2.12 bits per heavy atom. The molecule has 0 saturated carbocycles. The molecule has 0 aliphatic heterocycles. The van der Waals surface area contributed by atoms with Crippen molar-refractivity contribution in [2.24, 2.45) is 0 Å². The van der Waals surface area contributed by atoms with Crippen molar-refractivity contribution in [3.8, 4) is 0 Å². The van der Waals surface area contributed by atoms with Gasteiger partial charge in [0.15, 0.2) is 0 Å². The zero-order valence-electron chi connectivity index (χ0n) is 9.59. The van der Waals surface area contributed by atoms with Crippen molar-refractivity contribution in [1.29, 1.82) is 0 Å². The second kappa shape index (κ2) is 5.01. The van der Waals surface area contributed by atoms with Crippen molar-refractivity contribution in [3.05, 3.63) is 52.2 Å². The number of benzene rings is 1. The van der Waals surface area contributed by atoms with Crippen LogP contribution in [-0.2, 0) is 6.54 Å². The molecular formula is C13H14N2OS. The van der Waals surface area contributed by atoms with Crippen molar-refractivity contribution in [2.75, 3.05) is 12.8 Å².